The maximum absolute atomic E-state index is 13.7. The highest BCUT2D eigenvalue weighted by Gasteiger charge is 2.12. The molecule has 3 nitrogen and oxygen atoms in total. The van der Waals surface area contributed by atoms with E-state index in [9.17, 15) is 9.18 Å². The molecule has 0 aromatic heterocycles. The zero-order chi connectivity index (χ0) is 17.0. The van der Waals surface area contributed by atoms with E-state index in [0.717, 1.165) is 14.7 Å². The molecule has 0 heterocycles. The monoisotopic (exact) mass is 427 g/mol. The Morgan fingerprint density at radius 2 is 2.00 bits per heavy atom. The predicted octanol–water partition coefficient (Wildman–Crippen LogP) is 4.88. The molecular formula is C18H19FINO2. The smallest absolute Gasteiger partial charge is 0.262 e. The van der Waals surface area contributed by atoms with Gasteiger partial charge in [-0.3, -0.25) is 4.79 Å². The molecule has 0 saturated carbocycles. The van der Waals surface area contributed by atoms with Gasteiger partial charge in [0.05, 0.1) is 5.69 Å². The van der Waals surface area contributed by atoms with Gasteiger partial charge in [0.2, 0.25) is 0 Å². The van der Waals surface area contributed by atoms with Crippen LogP contribution >= 0.6 is 22.6 Å². The Morgan fingerprint density at radius 3 is 2.65 bits per heavy atom. The fraction of sp³-hybridized carbons (Fsp3) is 0.278. The topological polar surface area (TPSA) is 38.3 Å². The number of ether oxygens (including phenoxy) is 1. The van der Waals surface area contributed by atoms with Crippen LogP contribution in [0.3, 0.4) is 0 Å². The number of benzene rings is 2. The number of hydrogen-bond donors (Lipinski definition) is 1. The highest BCUT2D eigenvalue weighted by atomic mass is 127. The zero-order valence-corrected chi connectivity index (χ0v) is 15.5. The van der Waals surface area contributed by atoms with Crippen molar-refractivity contribution < 1.29 is 13.9 Å². The minimum atomic E-state index is -0.455. The summed E-state index contributed by atoms with van der Waals surface area (Å²) < 4.78 is 20.2. The van der Waals surface area contributed by atoms with E-state index in [4.69, 9.17) is 4.74 Å². The van der Waals surface area contributed by atoms with E-state index in [1.54, 1.807) is 12.1 Å². The van der Waals surface area contributed by atoms with Crippen molar-refractivity contribution in [3.05, 3.63) is 56.9 Å². The summed E-state index contributed by atoms with van der Waals surface area (Å²) in [4.78, 5) is 12.0. The third-order valence-electron chi connectivity index (χ3n) is 3.36. The lowest BCUT2D eigenvalue weighted by molar-refractivity contribution is -0.118. The number of halogens is 2. The Bertz CT molecular complexity index is 716. The Morgan fingerprint density at radius 1 is 1.26 bits per heavy atom. The Labute approximate surface area is 149 Å². The largest absolute Gasteiger partial charge is 0.483 e. The molecule has 0 aliphatic carbocycles. The SMILES string of the molecule is Cc1ccc(C(C)C)c(OCC(=O)Nc2ccc(I)cc2F)c1. The molecule has 2 aromatic carbocycles. The average Bonchev–Trinajstić information content (AvgIpc) is 2.48. The van der Waals surface area contributed by atoms with Crippen molar-refractivity contribution in [3.8, 4) is 5.75 Å². The molecule has 0 saturated heterocycles. The summed E-state index contributed by atoms with van der Waals surface area (Å²) in [5.74, 6) is 0.144. The molecule has 0 atom stereocenters. The minimum absolute atomic E-state index is 0.158. The minimum Gasteiger partial charge on any atom is -0.483 e. The van der Waals surface area contributed by atoms with Crippen LogP contribution in [0.1, 0.15) is 30.9 Å². The van der Waals surface area contributed by atoms with E-state index < -0.39 is 5.82 Å². The van der Waals surface area contributed by atoms with Gasteiger partial charge in [-0.15, -0.1) is 0 Å². The molecule has 0 unspecified atom stereocenters. The van der Waals surface area contributed by atoms with Crippen molar-refractivity contribution in [3.63, 3.8) is 0 Å². The van der Waals surface area contributed by atoms with Crippen molar-refractivity contribution >= 4 is 34.2 Å². The molecule has 1 amide bonds. The molecule has 0 aliphatic rings. The lowest BCUT2D eigenvalue weighted by atomic mass is 10.0. The summed E-state index contributed by atoms with van der Waals surface area (Å²) in [6.45, 7) is 5.95. The highest BCUT2D eigenvalue weighted by Crippen LogP contribution is 2.27. The second-order valence-electron chi connectivity index (χ2n) is 5.66. The number of amides is 1. The highest BCUT2D eigenvalue weighted by molar-refractivity contribution is 14.1. The Hall–Kier alpha value is -1.63. The van der Waals surface area contributed by atoms with Gasteiger partial charge in [0, 0.05) is 3.57 Å². The number of hydrogen-bond acceptors (Lipinski definition) is 2. The summed E-state index contributed by atoms with van der Waals surface area (Å²) >= 11 is 2.02. The van der Waals surface area contributed by atoms with E-state index in [0.29, 0.717) is 11.7 Å². The van der Waals surface area contributed by atoms with Crippen LogP contribution < -0.4 is 10.1 Å². The van der Waals surface area contributed by atoms with Crippen molar-refractivity contribution in [1.29, 1.82) is 0 Å². The van der Waals surface area contributed by atoms with Crippen molar-refractivity contribution in [1.82, 2.24) is 0 Å². The molecule has 0 aliphatic heterocycles. The molecule has 122 valence electrons. The summed E-state index contributed by atoms with van der Waals surface area (Å²) in [5.41, 5.74) is 2.27. The fourth-order valence-corrected chi connectivity index (χ4v) is 2.62. The van der Waals surface area contributed by atoms with Crippen LogP contribution in [-0.2, 0) is 4.79 Å². The molecule has 0 bridgehead atoms. The molecule has 0 radical (unpaired) electrons. The van der Waals surface area contributed by atoms with Gasteiger partial charge in [-0.25, -0.2) is 4.39 Å². The number of rotatable bonds is 5. The Kier molecular flexibility index (Phi) is 5.98. The molecule has 2 rings (SSSR count). The predicted molar refractivity (Wildman–Crippen MR) is 98.5 cm³/mol. The number of anilines is 1. The fourth-order valence-electron chi connectivity index (χ4n) is 2.16. The summed E-state index contributed by atoms with van der Waals surface area (Å²) in [5, 5.41) is 2.53. The molecule has 2 aromatic rings. The van der Waals surface area contributed by atoms with E-state index >= 15 is 0 Å². The maximum atomic E-state index is 13.7. The summed E-state index contributed by atoms with van der Waals surface area (Å²) in [6.07, 6.45) is 0. The molecule has 0 spiro atoms. The van der Waals surface area contributed by atoms with Crippen LogP contribution in [0.15, 0.2) is 36.4 Å². The van der Waals surface area contributed by atoms with E-state index in [2.05, 4.69) is 19.2 Å². The molecule has 23 heavy (non-hydrogen) atoms. The van der Waals surface area contributed by atoms with E-state index in [1.807, 2.05) is 47.7 Å². The van der Waals surface area contributed by atoms with Crippen LogP contribution in [0.25, 0.3) is 0 Å². The van der Waals surface area contributed by atoms with Gasteiger partial charge >= 0.3 is 0 Å². The molecule has 5 heteroatoms. The summed E-state index contributed by atoms with van der Waals surface area (Å²) in [7, 11) is 0. The summed E-state index contributed by atoms with van der Waals surface area (Å²) in [6, 6.07) is 10.6. The van der Waals surface area contributed by atoms with Gasteiger partial charge in [-0.05, 0) is 70.8 Å². The first-order chi connectivity index (χ1) is 10.9. The number of carbonyl (C=O) groups excluding carboxylic acids is 1. The lowest BCUT2D eigenvalue weighted by Crippen LogP contribution is -2.21. The standard InChI is InChI=1S/C18H19FINO2/c1-11(2)14-6-4-12(3)8-17(14)23-10-18(22)21-16-7-5-13(20)9-15(16)19/h4-9,11H,10H2,1-3H3,(H,21,22). The first kappa shape index (κ1) is 17.7. The molecule has 1 N–H and O–H groups in total. The maximum Gasteiger partial charge on any atom is 0.262 e. The van der Waals surface area contributed by atoms with E-state index in [1.165, 1.54) is 6.07 Å². The number of carbonyl (C=O) groups is 1. The average molecular weight is 427 g/mol. The third-order valence-corrected chi connectivity index (χ3v) is 4.03. The second-order valence-corrected chi connectivity index (χ2v) is 6.90. The first-order valence-electron chi connectivity index (χ1n) is 7.35. The van der Waals surface area contributed by atoms with Crippen LogP contribution in [0.2, 0.25) is 0 Å². The lowest BCUT2D eigenvalue weighted by Gasteiger charge is -2.15. The van der Waals surface area contributed by atoms with Crippen molar-refractivity contribution in [2.45, 2.75) is 26.7 Å². The number of aryl methyl sites for hydroxylation is 1. The van der Waals surface area contributed by atoms with Crippen LogP contribution in [-0.4, -0.2) is 12.5 Å². The van der Waals surface area contributed by atoms with Gasteiger partial charge in [0.15, 0.2) is 6.61 Å². The first-order valence-corrected chi connectivity index (χ1v) is 8.43. The van der Waals surface area contributed by atoms with Crippen molar-refractivity contribution in [2.24, 2.45) is 0 Å². The van der Waals surface area contributed by atoms with Gasteiger partial charge in [-0.2, -0.15) is 0 Å². The quantitative estimate of drug-likeness (QED) is 0.691. The van der Waals surface area contributed by atoms with Crippen LogP contribution in [0, 0.1) is 16.3 Å². The second kappa shape index (κ2) is 7.77. The van der Waals surface area contributed by atoms with Gasteiger partial charge in [0.25, 0.3) is 5.91 Å². The van der Waals surface area contributed by atoms with Crippen molar-refractivity contribution in [2.75, 3.05) is 11.9 Å². The van der Waals surface area contributed by atoms with Crippen LogP contribution in [0.4, 0.5) is 10.1 Å². The normalized spacial score (nSPS) is 10.7. The molecule has 0 fully saturated rings. The van der Waals surface area contributed by atoms with E-state index in [-0.39, 0.29) is 18.2 Å². The molecular weight excluding hydrogens is 408 g/mol. The Balaban J connectivity index is 2.03. The van der Waals surface area contributed by atoms with Gasteiger partial charge < -0.3 is 10.1 Å². The van der Waals surface area contributed by atoms with Gasteiger partial charge in [0.1, 0.15) is 11.6 Å². The van der Waals surface area contributed by atoms with Gasteiger partial charge in [-0.1, -0.05) is 26.0 Å². The van der Waals surface area contributed by atoms with Crippen LogP contribution in [0.5, 0.6) is 5.75 Å². The third kappa shape index (κ3) is 4.92. The zero-order valence-electron chi connectivity index (χ0n) is 13.3. The number of nitrogens with one attached hydrogen (secondary N) is 1.